The van der Waals surface area contributed by atoms with Crippen LogP contribution in [0.2, 0.25) is 0 Å². The Kier molecular flexibility index (Phi) is 5.15. The van der Waals surface area contributed by atoms with Gasteiger partial charge in [0.05, 0.1) is 17.6 Å². The predicted molar refractivity (Wildman–Crippen MR) is 92.2 cm³/mol. The topological polar surface area (TPSA) is 74.6 Å². The molecule has 0 bridgehead atoms. The molecular weight excluding hydrogens is 306 g/mol. The van der Waals surface area contributed by atoms with E-state index in [1.54, 1.807) is 12.1 Å². The minimum atomic E-state index is -0.315. The van der Waals surface area contributed by atoms with Gasteiger partial charge in [0, 0.05) is 26.1 Å². The van der Waals surface area contributed by atoms with Crippen LogP contribution in [0.5, 0.6) is 0 Å². The SMILES string of the molecule is O=C(CCNC(=O)c1ccco1)Nc1ccccc1N1CCCC1. The highest BCUT2D eigenvalue weighted by Crippen LogP contribution is 2.28. The molecule has 0 aliphatic carbocycles. The molecule has 2 amide bonds. The number of hydrogen-bond acceptors (Lipinski definition) is 4. The first-order chi connectivity index (χ1) is 11.7. The van der Waals surface area contributed by atoms with Gasteiger partial charge in [0.2, 0.25) is 5.91 Å². The predicted octanol–water partition coefficient (Wildman–Crippen LogP) is 2.64. The van der Waals surface area contributed by atoms with Crippen LogP contribution in [0.15, 0.2) is 47.1 Å². The van der Waals surface area contributed by atoms with Gasteiger partial charge in [-0.25, -0.2) is 0 Å². The molecule has 126 valence electrons. The van der Waals surface area contributed by atoms with Gasteiger partial charge in [-0.05, 0) is 37.1 Å². The van der Waals surface area contributed by atoms with Gasteiger partial charge in [-0.2, -0.15) is 0 Å². The largest absolute Gasteiger partial charge is 0.459 e. The fourth-order valence-corrected chi connectivity index (χ4v) is 2.81. The fraction of sp³-hybridized carbons (Fsp3) is 0.333. The summed E-state index contributed by atoms with van der Waals surface area (Å²) in [6, 6.07) is 11.1. The van der Waals surface area contributed by atoms with Crippen LogP contribution < -0.4 is 15.5 Å². The maximum Gasteiger partial charge on any atom is 0.286 e. The molecule has 2 aromatic rings. The van der Waals surface area contributed by atoms with Crippen molar-refractivity contribution in [2.24, 2.45) is 0 Å². The highest BCUT2D eigenvalue weighted by molar-refractivity contribution is 5.95. The summed E-state index contributed by atoms with van der Waals surface area (Å²) in [5.41, 5.74) is 1.88. The number of carbonyl (C=O) groups excluding carboxylic acids is 2. The molecule has 24 heavy (non-hydrogen) atoms. The Morgan fingerprint density at radius 1 is 1.08 bits per heavy atom. The van der Waals surface area contributed by atoms with Crippen LogP contribution in [-0.2, 0) is 4.79 Å². The Bertz CT molecular complexity index is 691. The third-order valence-corrected chi connectivity index (χ3v) is 4.01. The zero-order valence-corrected chi connectivity index (χ0v) is 13.5. The Balaban J connectivity index is 1.51. The van der Waals surface area contributed by atoms with Crippen molar-refractivity contribution in [2.45, 2.75) is 19.3 Å². The average Bonchev–Trinajstić information content (AvgIpc) is 3.29. The molecule has 6 heteroatoms. The lowest BCUT2D eigenvalue weighted by Crippen LogP contribution is -2.27. The number of furan rings is 1. The number of amides is 2. The van der Waals surface area contributed by atoms with E-state index in [2.05, 4.69) is 15.5 Å². The average molecular weight is 327 g/mol. The molecule has 0 spiro atoms. The number of benzene rings is 1. The Labute approximate surface area is 140 Å². The van der Waals surface area contributed by atoms with Crippen LogP contribution in [0.1, 0.15) is 29.8 Å². The van der Waals surface area contributed by atoms with E-state index in [-0.39, 0.29) is 30.5 Å². The first-order valence-corrected chi connectivity index (χ1v) is 8.19. The molecule has 1 aliphatic heterocycles. The summed E-state index contributed by atoms with van der Waals surface area (Å²) in [5, 5.41) is 5.61. The van der Waals surface area contributed by atoms with E-state index in [0.29, 0.717) is 0 Å². The van der Waals surface area contributed by atoms with Crippen molar-refractivity contribution < 1.29 is 14.0 Å². The van der Waals surface area contributed by atoms with Gasteiger partial charge in [0.15, 0.2) is 5.76 Å². The van der Waals surface area contributed by atoms with Gasteiger partial charge >= 0.3 is 0 Å². The number of anilines is 2. The number of nitrogens with one attached hydrogen (secondary N) is 2. The van der Waals surface area contributed by atoms with Crippen LogP contribution in [0.3, 0.4) is 0 Å². The quantitative estimate of drug-likeness (QED) is 0.855. The molecule has 2 N–H and O–H groups in total. The smallest absolute Gasteiger partial charge is 0.286 e. The van der Waals surface area contributed by atoms with E-state index >= 15 is 0 Å². The molecule has 1 aromatic heterocycles. The molecular formula is C18H21N3O3. The van der Waals surface area contributed by atoms with E-state index < -0.39 is 0 Å². The number of nitrogens with zero attached hydrogens (tertiary/aromatic N) is 1. The molecule has 0 atom stereocenters. The summed E-state index contributed by atoms with van der Waals surface area (Å²) in [5.74, 6) is -0.193. The summed E-state index contributed by atoms with van der Waals surface area (Å²) in [4.78, 5) is 26.2. The Hall–Kier alpha value is -2.76. The zero-order valence-electron chi connectivity index (χ0n) is 13.5. The van der Waals surface area contributed by atoms with E-state index in [9.17, 15) is 9.59 Å². The summed E-state index contributed by atoms with van der Waals surface area (Å²) in [7, 11) is 0. The number of hydrogen-bond donors (Lipinski definition) is 2. The molecule has 1 aliphatic rings. The van der Waals surface area contributed by atoms with Gasteiger partial charge < -0.3 is 20.0 Å². The molecule has 2 heterocycles. The fourth-order valence-electron chi connectivity index (χ4n) is 2.81. The lowest BCUT2D eigenvalue weighted by molar-refractivity contribution is -0.116. The van der Waals surface area contributed by atoms with E-state index in [4.69, 9.17) is 4.42 Å². The first-order valence-electron chi connectivity index (χ1n) is 8.19. The maximum atomic E-state index is 12.1. The molecule has 1 saturated heterocycles. The Morgan fingerprint density at radius 3 is 2.62 bits per heavy atom. The molecule has 0 saturated carbocycles. The maximum absolute atomic E-state index is 12.1. The minimum Gasteiger partial charge on any atom is -0.459 e. The van der Waals surface area contributed by atoms with Crippen LogP contribution in [0, 0.1) is 0 Å². The van der Waals surface area contributed by atoms with Gasteiger partial charge in [-0.3, -0.25) is 9.59 Å². The molecule has 0 unspecified atom stereocenters. The minimum absolute atomic E-state index is 0.124. The van der Waals surface area contributed by atoms with Crippen LogP contribution >= 0.6 is 0 Å². The van der Waals surface area contributed by atoms with Crippen molar-refractivity contribution in [3.63, 3.8) is 0 Å². The van der Waals surface area contributed by atoms with E-state index in [1.807, 2.05) is 24.3 Å². The van der Waals surface area contributed by atoms with Crippen molar-refractivity contribution in [2.75, 3.05) is 29.9 Å². The molecule has 3 rings (SSSR count). The summed E-state index contributed by atoms with van der Waals surface area (Å²) in [6.07, 6.45) is 4.01. The van der Waals surface area contributed by atoms with E-state index in [1.165, 1.54) is 19.1 Å². The molecule has 0 radical (unpaired) electrons. The lowest BCUT2D eigenvalue weighted by atomic mass is 10.2. The van der Waals surface area contributed by atoms with Crippen LogP contribution in [0.4, 0.5) is 11.4 Å². The summed E-state index contributed by atoms with van der Waals surface area (Å²) in [6.45, 7) is 2.30. The molecule has 1 aromatic carbocycles. The normalized spacial score (nSPS) is 13.8. The summed E-state index contributed by atoms with van der Waals surface area (Å²) >= 11 is 0. The van der Waals surface area contributed by atoms with Gasteiger partial charge in [0.1, 0.15) is 0 Å². The highest BCUT2D eigenvalue weighted by atomic mass is 16.3. The third-order valence-electron chi connectivity index (χ3n) is 4.01. The van der Waals surface area contributed by atoms with Crippen LogP contribution in [-0.4, -0.2) is 31.4 Å². The highest BCUT2D eigenvalue weighted by Gasteiger charge is 2.16. The van der Waals surface area contributed by atoms with Gasteiger partial charge in [0.25, 0.3) is 5.91 Å². The standard InChI is InChI=1S/C18H21N3O3/c22-17(9-10-19-18(23)16-8-5-13-24-16)20-14-6-1-2-7-15(14)21-11-3-4-12-21/h1-2,5-8,13H,3-4,9-12H2,(H,19,23)(H,20,22). The van der Waals surface area contributed by atoms with Crippen molar-refractivity contribution in [1.29, 1.82) is 0 Å². The second-order valence-electron chi connectivity index (χ2n) is 5.74. The lowest BCUT2D eigenvalue weighted by Gasteiger charge is -2.21. The monoisotopic (exact) mass is 327 g/mol. The number of carbonyl (C=O) groups is 2. The van der Waals surface area contributed by atoms with E-state index in [0.717, 1.165) is 24.5 Å². The number of para-hydroxylation sites is 2. The van der Waals surface area contributed by atoms with Crippen molar-refractivity contribution in [3.05, 3.63) is 48.4 Å². The second-order valence-corrected chi connectivity index (χ2v) is 5.74. The van der Waals surface area contributed by atoms with Crippen molar-refractivity contribution >= 4 is 23.2 Å². The van der Waals surface area contributed by atoms with Gasteiger partial charge in [-0.1, -0.05) is 12.1 Å². The third kappa shape index (κ3) is 3.95. The second kappa shape index (κ2) is 7.68. The summed E-state index contributed by atoms with van der Waals surface area (Å²) < 4.78 is 5.00. The van der Waals surface area contributed by atoms with Crippen molar-refractivity contribution in [3.8, 4) is 0 Å². The molecule has 6 nitrogen and oxygen atoms in total. The Morgan fingerprint density at radius 2 is 1.88 bits per heavy atom. The van der Waals surface area contributed by atoms with Crippen LogP contribution in [0.25, 0.3) is 0 Å². The van der Waals surface area contributed by atoms with Gasteiger partial charge in [-0.15, -0.1) is 0 Å². The zero-order chi connectivity index (χ0) is 16.8. The first kappa shape index (κ1) is 16.1. The number of rotatable bonds is 6. The molecule has 1 fully saturated rings. The van der Waals surface area contributed by atoms with Crippen molar-refractivity contribution in [1.82, 2.24) is 5.32 Å².